The molecule has 1 saturated carbocycles. The van der Waals surface area contributed by atoms with Gasteiger partial charge in [-0.25, -0.2) is 4.79 Å². The molecule has 0 bridgehead atoms. The molecular weight excluding hydrogens is 360 g/mol. The van der Waals surface area contributed by atoms with Gasteiger partial charge in [-0.15, -0.1) is 0 Å². The van der Waals surface area contributed by atoms with Gasteiger partial charge in [0, 0.05) is 16.6 Å². The number of carbonyl (C=O) groups is 3. The summed E-state index contributed by atoms with van der Waals surface area (Å²) in [6.45, 7) is 1.41. The van der Waals surface area contributed by atoms with E-state index in [1.807, 2.05) is 0 Å². The summed E-state index contributed by atoms with van der Waals surface area (Å²) in [4.78, 5) is 35.9. The number of esters is 1. The van der Waals surface area contributed by atoms with E-state index in [1.54, 1.807) is 18.2 Å². The molecule has 1 aromatic rings. The molecule has 1 aliphatic rings. The summed E-state index contributed by atoms with van der Waals surface area (Å²) in [6, 6.07) is 4.42. The molecule has 1 fully saturated rings. The second-order valence-electron chi connectivity index (χ2n) is 6.21. The topological polar surface area (TPSA) is 93.7 Å². The molecule has 142 valence electrons. The van der Waals surface area contributed by atoms with Crippen molar-refractivity contribution in [3.8, 4) is 5.75 Å². The van der Waals surface area contributed by atoms with Crippen molar-refractivity contribution >= 4 is 29.5 Å². The Labute approximate surface area is 157 Å². The SMILES string of the molecule is COc1ccc(Cl)cc1CC(=O)O[C@H](C)C(=O)NC(=O)NC1CCCC1. The van der Waals surface area contributed by atoms with E-state index in [0.717, 1.165) is 25.7 Å². The van der Waals surface area contributed by atoms with Crippen molar-refractivity contribution < 1.29 is 23.9 Å². The van der Waals surface area contributed by atoms with E-state index in [9.17, 15) is 14.4 Å². The molecular formula is C18H23ClN2O5. The number of carbonyl (C=O) groups excluding carboxylic acids is 3. The smallest absolute Gasteiger partial charge is 0.321 e. The van der Waals surface area contributed by atoms with Gasteiger partial charge in [0.25, 0.3) is 5.91 Å². The molecule has 1 aromatic carbocycles. The summed E-state index contributed by atoms with van der Waals surface area (Å²) in [7, 11) is 1.48. The van der Waals surface area contributed by atoms with Crippen LogP contribution in [0.5, 0.6) is 5.75 Å². The van der Waals surface area contributed by atoms with Crippen LogP contribution in [0.25, 0.3) is 0 Å². The van der Waals surface area contributed by atoms with Gasteiger partial charge < -0.3 is 14.8 Å². The molecule has 0 unspecified atom stereocenters. The molecule has 1 atom stereocenters. The summed E-state index contributed by atoms with van der Waals surface area (Å²) in [5.74, 6) is -0.796. The Morgan fingerprint density at radius 2 is 1.96 bits per heavy atom. The zero-order valence-electron chi connectivity index (χ0n) is 14.8. The lowest BCUT2D eigenvalue weighted by Crippen LogP contribution is -2.47. The molecule has 0 radical (unpaired) electrons. The average molecular weight is 383 g/mol. The lowest BCUT2D eigenvalue weighted by Gasteiger charge is -2.16. The highest BCUT2D eigenvalue weighted by molar-refractivity contribution is 6.30. The highest BCUT2D eigenvalue weighted by Gasteiger charge is 2.23. The number of imide groups is 1. The Morgan fingerprint density at radius 1 is 1.27 bits per heavy atom. The van der Waals surface area contributed by atoms with Crippen LogP contribution in [0, 0.1) is 0 Å². The van der Waals surface area contributed by atoms with E-state index in [0.29, 0.717) is 16.3 Å². The minimum absolute atomic E-state index is 0.0935. The maximum atomic E-state index is 12.1. The van der Waals surface area contributed by atoms with Crippen molar-refractivity contribution in [2.45, 2.75) is 51.2 Å². The van der Waals surface area contributed by atoms with Crippen LogP contribution in [0.3, 0.4) is 0 Å². The standard InChI is InChI=1S/C18H23ClN2O5/c1-11(17(23)21-18(24)20-14-5-3-4-6-14)26-16(22)10-12-9-13(19)7-8-15(12)25-2/h7-9,11,14H,3-6,10H2,1-2H3,(H2,20,21,23,24)/t11-/m1/s1. The first kappa shape index (κ1) is 20.0. The lowest BCUT2D eigenvalue weighted by molar-refractivity contribution is -0.153. The predicted octanol–water partition coefficient (Wildman–Crippen LogP) is 2.59. The Morgan fingerprint density at radius 3 is 2.62 bits per heavy atom. The quantitative estimate of drug-likeness (QED) is 0.737. The van der Waals surface area contributed by atoms with Gasteiger partial charge in [0.15, 0.2) is 6.10 Å². The lowest BCUT2D eigenvalue weighted by atomic mass is 10.1. The number of methoxy groups -OCH3 is 1. The van der Waals surface area contributed by atoms with Crippen molar-refractivity contribution in [3.63, 3.8) is 0 Å². The van der Waals surface area contributed by atoms with Crippen LogP contribution in [0.1, 0.15) is 38.2 Å². The van der Waals surface area contributed by atoms with Gasteiger partial charge in [-0.2, -0.15) is 0 Å². The molecule has 0 heterocycles. The number of nitrogens with one attached hydrogen (secondary N) is 2. The fraction of sp³-hybridized carbons (Fsp3) is 0.500. The first-order valence-electron chi connectivity index (χ1n) is 8.52. The first-order valence-corrected chi connectivity index (χ1v) is 8.90. The van der Waals surface area contributed by atoms with Crippen LogP contribution in [0.2, 0.25) is 5.02 Å². The van der Waals surface area contributed by atoms with Gasteiger partial charge in [0.05, 0.1) is 13.5 Å². The van der Waals surface area contributed by atoms with Gasteiger partial charge in [-0.1, -0.05) is 24.4 Å². The summed E-state index contributed by atoms with van der Waals surface area (Å²) in [6.07, 6.45) is 2.76. The largest absolute Gasteiger partial charge is 0.496 e. The summed E-state index contributed by atoms with van der Waals surface area (Å²) < 4.78 is 10.3. The Kier molecular flexibility index (Phi) is 7.26. The molecule has 0 aromatic heterocycles. The maximum Gasteiger partial charge on any atom is 0.321 e. The fourth-order valence-electron chi connectivity index (χ4n) is 2.84. The third kappa shape index (κ3) is 5.91. The summed E-state index contributed by atoms with van der Waals surface area (Å²) in [5, 5.41) is 5.39. The van der Waals surface area contributed by atoms with Crippen LogP contribution in [-0.4, -0.2) is 37.2 Å². The maximum absolute atomic E-state index is 12.1. The van der Waals surface area contributed by atoms with Crippen LogP contribution < -0.4 is 15.4 Å². The van der Waals surface area contributed by atoms with E-state index >= 15 is 0 Å². The average Bonchev–Trinajstić information content (AvgIpc) is 3.07. The molecule has 0 spiro atoms. The minimum atomic E-state index is -1.10. The van der Waals surface area contributed by atoms with E-state index in [-0.39, 0.29) is 12.5 Å². The molecule has 3 amide bonds. The number of amides is 3. The Hall–Kier alpha value is -2.28. The Balaban J connectivity index is 1.83. The van der Waals surface area contributed by atoms with Gasteiger partial charge >= 0.3 is 12.0 Å². The molecule has 26 heavy (non-hydrogen) atoms. The fourth-order valence-corrected chi connectivity index (χ4v) is 3.03. The highest BCUT2D eigenvalue weighted by atomic mass is 35.5. The van der Waals surface area contributed by atoms with Crippen LogP contribution >= 0.6 is 11.6 Å². The summed E-state index contributed by atoms with van der Waals surface area (Å²) >= 11 is 5.92. The molecule has 0 saturated heterocycles. The number of rotatable bonds is 6. The van der Waals surface area contributed by atoms with Crippen LogP contribution in [-0.2, 0) is 20.7 Å². The monoisotopic (exact) mass is 382 g/mol. The van der Waals surface area contributed by atoms with Crippen molar-refractivity contribution in [1.29, 1.82) is 0 Å². The van der Waals surface area contributed by atoms with Crippen LogP contribution in [0.4, 0.5) is 4.79 Å². The molecule has 2 N–H and O–H groups in total. The van der Waals surface area contributed by atoms with Crippen LogP contribution in [0.15, 0.2) is 18.2 Å². The molecule has 7 nitrogen and oxygen atoms in total. The van der Waals surface area contributed by atoms with E-state index in [4.69, 9.17) is 21.1 Å². The highest BCUT2D eigenvalue weighted by Crippen LogP contribution is 2.23. The summed E-state index contributed by atoms with van der Waals surface area (Å²) in [5.41, 5.74) is 0.552. The number of benzene rings is 1. The normalized spacial score (nSPS) is 15.2. The third-order valence-electron chi connectivity index (χ3n) is 4.18. The van der Waals surface area contributed by atoms with Crippen molar-refractivity contribution in [1.82, 2.24) is 10.6 Å². The van der Waals surface area contributed by atoms with Crippen molar-refractivity contribution in [2.75, 3.05) is 7.11 Å². The van der Waals surface area contributed by atoms with Gasteiger partial charge in [-0.3, -0.25) is 14.9 Å². The zero-order chi connectivity index (χ0) is 19.1. The number of halogens is 1. The van der Waals surface area contributed by atoms with Gasteiger partial charge in [-0.05, 0) is 38.0 Å². The first-order chi connectivity index (χ1) is 12.4. The van der Waals surface area contributed by atoms with Gasteiger partial charge in [0.1, 0.15) is 5.75 Å². The number of urea groups is 1. The van der Waals surface area contributed by atoms with Crippen molar-refractivity contribution in [2.24, 2.45) is 0 Å². The van der Waals surface area contributed by atoms with E-state index in [1.165, 1.54) is 14.0 Å². The van der Waals surface area contributed by atoms with E-state index < -0.39 is 24.0 Å². The number of hydrogen-bond donors (Lipinski definition) is 2. The zero-order valence-corrected chi connectivity index (χ0v) is 15.6. The molecule has 1 aliphatic carbocycles. The third-order valence-corrected chi connectivity index (χ3v) is 4.42. The number of ether oxygens (including phenoxy) is 2. The molecule has 8 heteroatoms. The second-order valence-corrected chi connectivity index (χ2v) is 6.65. The minimum Gasteiger partial charge on any atom is -0.496 e. The second kappa shape index (κ2) is 9.43. The molecule has 2 rings (SSSR count). The van der Waals surface area contributed by atoms with Crippen molar-refractivity contribution in [3.05, 3.63) is 28.8 Å². The van der Waals surface area contributed by atoms with E-state index in [2.05, 4.69) is 10.6 Å². The van der Waals surface area contributed by atoms with Gasteiger partial charge in [0.2, 0.25) is 0 Å². The predicted molar refractivity (Wildman–Crippen MR) is 96.2 cm³/mol. The Bertz CT molecular complexity index is 674. The molecule has 0 aliphatic heterocycles. The number of hydrogen-bond acceptors (Lipinski definition) is 5.